The van der Waals surface area contributed by atoms with Crippen molar-refractivity contribution in [2.24, 2.45) is 0 Å². The number of aromatic nitrogens is 1. The van der Waals surface area contributed by atoms with E-state index in [1.807, 2.05) is 24.3 Å². The smallest absolute Gasteiger partial charge is 0.384 e. The van der Waals surface area contributed by atoms with E-state index in [2.05, 4.69) is 4.98 Å². The third kappa shape index (κ3) is 2.95. The van der Waals surface area contributed by atoms with Crippen molar-refractivity contribution in [2.45, 2.75) is 25.1 Å². The lowest BCUT2D eigenvalue weighted by molar-refractivity contribution is -0.205. The molecule has 0 aliphatic carbocycles. The van der Waals surface area contributed by atoms with E-state index in [0.29, 0.717) is 5.01 Å². The Morgan fingerprint density at radius 3 is 2.65 bits per heavy atom. The van der Waals surface area contributed by atoms with Crippen LogP contribution >= 0.6 is 11.3 Å². The van der Waals surface area contributed by atoms with Crippen molar-refractivity contribution >= 4 is 21.6 Å². The molecule has 1 atom stereocenters. The molecule has 1 heterocycles. The van der Waals surface area contributed by atoms with E-state index in [1.54, 1.807) is 0 Å². The van der Waals surface area contributed by atoms with Crippen LogP contribution in [0.3, 0.4) is 0 Å². The largest absolute Gasteiger partial charge is 0.414 e. The van der Waals surface area contributed by atoms with Gasteiger partial charge in [0.1, 0.15) is 6.10 Å². The average molecular weight is 261 g/mol. The number of aliphatic hydroxyl groups excluding tert-OH is 1. The number of rotatable bonds is 3. The van der Waals surface area contributed by atoms with Crippen LogP contribution in [0.2, 0.25) is 0 Å². The van der Waals surface area contributed by atoms with Crippen molar-refractivity contribution in [1.29, 1.82) is 0 Å². The van der Waals surface area contributed by atoms with Gasteiger partial charge in [0, 0.05) is 6.42 Å². The maximum Gasteiger partial charge on any atom is 0.414 e. The minimum Gasteiger partial charge on any atom is -0.384 e. The van der Waals surface area contributed by atoms with Crippen molar-refractivity contribution < 1.29 is 18.3 Å². The van der Waals surface area contributed by atoms with Crippen LogP contribution in [0.4, 0.5) is 13.2 Å². The molecule has 6 heteroatoms. The molecule has 0 radical (unpaired) electrons. The van der Waals surface area contributed by atoms with Crippen LogP contribution in [0.25, 0.3) is 10.2 Å². The Balaban J connectivity index is 2.04. The van der Waals surface area contributed by atoms with E-state index in [1.165, 1.54) is 11.3 Å². The fraction of sp³-hybridized carbons (Fsp3) is 0.364. The Morgan fingerprint density at radius 2 is 2.00 bits per heavy atom. The molecule has 0 saturated carbocycles. The van der Waals surface area contributed by atoms with E-state index >= 15 is 0 Å². The lowest BCUT2D eigenvalue weighted by Crippen LogP contribution is -2.28. The summed E-state index contributed by atoms with van der Waals surface area (Å²) in [5.74, 6) is 0. The van der Waals surface area contributed by atoms with Crippen LogP contribution in [0.15, 0.2) is 24.3 Å². The van der Waals surface area contributed by atoms with Crippen molar-refractivity contribution in [3.05, 3.63) is 29.3 Å². The van der Waals surface area contributed by atoms with E-state index in [-0.39, 0.29) is 12.8 Å². The molecule has 0 aliphatic heterocycles. The number of aryl methyl sites for hydroxylation is 1. The molecule has 0 aliphatic rings. The first-order chi connectivity index (χ1) is 7.97. The SMILES string of the molecule is O[C@@H](CCc1nc2ccccc2s1)C(F)(F)F. The summed E-state index contributed by atoms with van der Waals surface area (Å²) in [6.45, 7) is 0. The van der Waals surface area contributed by atoms with Gasteiger partial charge in [-0.1, -0.05) is 12.1 Å². The Labute approximate surface area is 99.7 Å². The summed E-state index contributed by atoms with van der Waals surface area (Å²) in [5.41, 5.74) is 0.786. The number of hydrogen-bond acceptors (Lipinski definition) is 3. The van der Waals surface area contributed by atoms with Gasteiger partial charge in [0.2, 0.25) is 0 Å². The molecule has 1 aromatic heterocycles. The van der Waals surface area contributed by atoms with Gasteiger partial charge in [-0.15, -0.1) is 11.3 Å². The van der Waals surface area contributed by atoms with Crippen molar-refractivity contribution in [1.82, 2.24) is 4.98 Å². The molecule has 0 unspecified atom stereocenters. The summed E-state index contributed by atoms with van der Waals surface area (Å²) < 4.78 is 37.2. The molecule has 17 heavy (non-hydrogen) atoms. The summed E-state index contributed by atoms with van der Waals surface area (Å²) in [6.07, 6.45) is -7.02. The lowest BCUT2D eigenvalue weighted by atomic mass is 10.2. The standard InChI is InChI=1S/C11H10F3NOS/c12-11(13,14)9(16)5-6-10-15-7-3-1-2-4-8(7)17-10/h1-4,9,16H,5-6H2/t9-/m0/s1. The van der Waals surface area contributed by atoms with Gasteiger partial charge in [0.15, 0.2) is 0 Å². The fourth-order valence-electron chi connectivity index (χ4n) is 1.45. The number of halogens is 3. The van der Waals surface area contributed by atoms with Gasteiger partial charge in [0.25, 0.3) is 0 Å². The quantitative estimate of drug-likeness (QED) is 0.920. The van der Waals surface area contributed by atoms with Crippen LogP contribution < -0.4 is 0 Å². The minimum absolute atomic E-state index is 0.139. The number of benzene rings is 1. The van der Waals surface area contributed by atoms with Crippen LogP contribution in [-0.2, 0) is 6.42 Å². The Hall–Kier alpha value is -1.14. The predicted molar refractivity (Wildman–Crippen MR) is 60.0 cm³/mol. The molecule has 2 nitrogen and oxygen atoms in total. The van der Waals surface area contributed by atoms with E-state index < -0.39 is 12.3 Å². The zero-order chi connectivity index (χ0) is 12.5. The zero-order valence-corrected chi connectivity index (χ0v) is 9.55. The number of fused-ring (bicyclic) bond motifs is 1. The lowest BCUT2D eigenvalue weighted by Gasteiger charge is -2.12. The third-order valence-corrected chi connectivity index (χ3v) is 3.44. The Kier molecular flexibility index (Phi) is 3.35. The van der Waals surface area contributed by atoms with Gasteiger partial charge >= 0.3 is 6.18 Å². The molecule has 92 valence electrons. The van der Waals surface area contributed by atoms with Crippen molar-refractivity contribution in [2.75, 3.05) is 0 Å². The summed E-state index contributed by atoms with van der Waals surface area (Å²) in [5, 5.41) is 9.49. The molecule has 0 bridgehead atoms. The first-order valence-corrected chi connectivity index (χ1v) is 5.87. The molecule has 0 spiro atoms. The van der Waals surface area contributed by atoms with Crippen LogP contribution in [-0.4, -0.2) is 22.4 Å². The van der Waals surface area contributed by atoms with Gasteiger partial charge < -0.3 is 5.11 Å². The van der Waals surface area contributed by atoms with E-state index in [0.717, 1.165) is 10.2 Å². The van der Waals surface area contributed by atoms with E-state index in [4.69, 9.17) is 5.11 Å². The van der Waals surface area contributed by atoms with Crippen LogP contribution in [0.1, 0.15) is 11.4 Å². The van der Waals surface area contributed by atoms with Crippen LogP contribution in [0, 0.1) is 0 Å². The summed E-state index contributed by atoms with van der Waals surface area (Å²) in [4.78, 5) is 4.21. The van der Waals surface area contributed by atoms with Crippen LogP contribution in [0.5, 0.6) is 0 Å². The first kappa shape index (κ1) is 12.3. The highest BCUT2D eigenvalue weighted by Gasteiger charge is 2.37. The highest BCUT2D eigenvalue weighted by atomic mass is 32.1. The number of aliphatic hydroxyl groups is 1. The number of nitrogens with zero attached hydrogens (tertiary/aromatic N) is 1. The topological polar surface area (TPSA) is 33.1 Å². The normalized spacial score (nSPS) is 14.1. The van der Waals surface area contributed by atoms with Gasteiger partial charge in [-0.25, -0.2) is 4.98 Å². The highest BCUT2D eigenvalue weighted by molar-refractivity contribution is 7.18. The number of thiazole rings is 1. The summed E-state index contributed by atoms with van der Waals surface area (Å²) >= 11 is 1.36. The molecule has 1 aromatic carbocycles. The molecular weight excluding hydrogens is 251 g/mol. The minimum atomic E-state index is -4.54. The van der Waals surface area contributed by atoms with E-state index in [9.17, 15) is 13.2 Å². The monoisotopic (exact) mass is 261 g/mol. The molecule has 2 rings (SSSR count). The van der Waals surface area contributed by atoms with Crippen molar-refractivity contribution in [3.63, 3.8) is 0 Å². The van der Waals surface area contributed by atoms with Gasteiger partial charge in [-0.05, 0) is 18.6 Å². The molecule has 0 saturated heterocycles. The second-order valence-electron chi connectivity index (χ2n) is 3.67. The molecule has 0 fully saturated rings. The second-order valence-corrected chi connectivity index (χ2v) is 4.79. The zero-order valence-electron chi connectivity index (χ0n) is 8.74. The molecule has 2 aromatic rings. The van der Waals surface area contributed by atoms with Gasteiger partial charge in [0.05, 0.1) is 15.2 Å². The molecule has 0 amide bonds. The molecular formula is C11H10F3NOS. The maximum absolute atomic E-state index is 12.1. The average Bonchev–Trinajstić information content (AvgIpc) is 2.66. The van der Waals surface area contributed by atoms with Crippen molar-refractivity contribution in [3.8, 4) is 0 Å². The molecule has 1 N–H and O–H groups in total. The number of alkyl halides is 3. The third-order valence-electron chi connectivity index (χ3n) is 2.35. The Bertz CT molecular complexity index is 476. The highest BCUT2D eigenvalue weighted by Crippen LogP contribution is 2.26. The fourth-order valence-corrected chi connectivity index (χ4v) is 2.43. The number of hydrogen-bond donors (Lipinski definition) is 1. The predicted octanol–water partition coefficient (Wildman–Crippen LogP) is 3.15. The first-order valence-electron chi connectivity index (χ1n) is 5.06. The van der Waals surface area contributed by atoms with Gasteiger partial charge in [-0.3, -0.25) is 0 Å². The maximum atomic E-state index is 12.1. The second kappa shape index (κ2) is 4.62. The summed E-state index contributed by atoms with van der Waals surface area (Å²) in [7, 11) is 0. The summed E-state index contributed by atoms with van der Waals surface area (Å²) in [6, 6.07) is 7.37. The Morgan fingerprint density at radius 1 is 1.29 bits per heavy atom. The number of para-hydroxylation sites is 1. The van der Waals surface area contributed by atoms with Gasteiger partial charge in [-0.2, -0.15) is 13.2 Å².